The van der Waals surface area contributed by atoms with Gasteiger partial charge in [-0.25, -0.2) is 9.59 Å². The van der Waals surface area contributed by atoms with Crippen molar-refractivity contribution < 1.29 is 86.4 Å². The van der Waals surface area contributed by atoms with E-state index in [1.165, 1.54) is 12.1 Å². The van der Waals surface area contributed by atoms with E-state index in [9.17, 15) is 42.7 Å². The molecule has 36 heavy (non-hydrogen) atoms. The maximum atomic E-state index is 12.5. The molecule has 0 amide bonds. The smallest absolute Gasteiger partial charge is 0.468 e. The van der Waals surface area contributed by atoms with E-state index in [0.717, 1.165) is 32.4 Å². The zero-order valence-corrected chi connectivity index (χ0v) is 22.4. The van der Waals surface area contributed by atoms with Gasteiger partial charge in [-0.2, -0.15) is 32.7 Å². The van der Waals surface area contributed by atoms with Crippen molar-refractivity contribution in [2.45, 2.75) is 23.5 Å². The molecule has 0 aliphatic rings. The van der Waals surface area contributed by atoms with Gasteiger partial charge in [-0.1, -0.05) is 0 Å². The van der Waals surface area contributed by atoms with Crippen molar-refractivity contribution in [2.75, 3.05) is 27.4 Å². The quantitative estimate of drug-likeness (QED) is 0.0800. The second kappa shape index (κ2) is 13.8. The molecular formula is C22H23NaO12S. The molecule has 12 nitrogen and oxygen atoms in total. The van der Waals surface area contributed by atoms with E-state index < -0.39 is 70.3 Å². The topological polar surface area (TPSA) is 194 Å². The van der Waals surface area contributed by atoms with Crippen LogP contribution >= 0.6 is 0 Å². The van der Waals surface area contributed by atoms with Gasteiger partial charge in [0.15, 0.2) is 0 Å². The van der Waals surface area contributed by atoms with Crippen molar-refractivity contribution in [3.05, 3.63) is 64.2 Å². The van der Waals surface area contributed by atoms with Crippen molar-refractivity contribution in [1.29, 1.82) is 0 Å². The largest absolute Gasteiger partial charge is 1.00 e. The van der Waals surface area contributed by atoms with E-state index in [1.54, 1.807) is 0 Å². The van der Waals surface area contributed by atoms with Crippen LogP contribution in [0.2, 0.25) is 0 Å². The normalized spacial score (nSPS) is 12.6. The fourth-order valence-electron chi connectivity index (χ4n) is 3.27. The molecule has 0 fully saturated rings. The first-order valence-electron chi connectivity index (χ1n) is 9.90. The van der Waals surface area contributed by atoms with Crippen LogP contribution < -0.4 is 29.6 Å². The summed E-state index contributed by atoms with van der Waals surface area (Å²) >= 11 is 0. The third kappa shape index (κ3) is 7.57. The van der Waals surface area contributed by atoms with Gasteiger partial charge in [0.05, 0.1) is 38.1 Å². The Balaban J connectivity index is 0.00000648. The fourth-order valence-corrected chi connectivity index (χ4v) is 3.91. The molecule has 2 aromatic rings. The van der Waals surface area contributed by atoms with Crippen molar-refractivity contribution in [3.63, 3.8) is 0 Å². The average molecular weight is 534 g/mol. The Hall–Kier alpha value is -2.36. The molecule has 14 heteroatoms. The predicted octanol–water partition coefficient (Wildman–Crippen LogP) is -2.90. The van der Waals surface area contributed by atoms with Gasteiger partial charge in [0.25, 0.3) is 16.1 Å². The molecule has 190 valence electrons. The minimum absolute atomic E-state index is 0. The van der Waals surface area contributed by atoms with E-state index in [1.807, 2.05) is 0 Å². The van der Waals surface area contributed by atoms with Crippen LogP contribution in [0.1, 0.15) is 48.3 Å². The third-order valence-electron chi connectivity index (χ3n) is 4.82. The Labute approximate surface area is 228 Å². The molecule has 2 aromatic carbocycles. The van der Waals surface area contributed by atoms with Gasteiger partial charge in [0.2, 0.25) is 0 Å². The summed E-state index contributed by atoms with van der Waals surface area (Å²) < 4.78 is 46.7. The molecule has 4 N–H and O–H groups in total. The Morgan fingerprint density at radius 1 is 0.972 bits per heavy atom. The van der Waals surface area contributed by atoms with E-state index in [2.05, 4.69) is 6.07 Å². The number of hydrogen-bond donors (Lipinski definition) is 4. The summed E-state index contributed by atoms with van der Waals surface area (Å²) in [6.45, 7) is -1.55. The molecule has 0 heterocycles. The number of aliphatic hydroxyl groups is 3. The van der Waals surface area contributed by atoms with Crippen LogP contribution in [-0.2, 0) is 30.7 Å². The van der Waals surface area contributed by atoms with Gasteiger partial charge < -0.3 is 29.5 Å². The summed E-state index contributed by atoms with van der Waals surface area (Å²) in [6, 6.07) is 8.04. The molecule has 0 aromatic heterocycles. The second-order valence-electron chi connectivity index (χ2n) is 7.08. The molecule has 2 rings (SSSR count). The van der Waals surface area contributed by atoms with Crippen LogP contribution in [0.5, 0.6) is 0 Å². The summed E-state index contributed by atoms with van der Waals surface area (Å²) in [5.74, 6) is -3.04. The maximum absolute atomic E-state index is 12.5. The van der Waals surface area contributed by atoms with E-state index in [4.69, 9.17) is 14.2 Å². The predicted molar refractivity (Wildman–Crippen MR) is 116 cm³/mol. The number of benzene rings is 2. The van der Waals surface area contributed by atoms with Crippen LogP contribution in [0.3, 0.4) is 0 Å². The number of methoxy groups -OCH3 is 2. The zero-order valence-electron chi connectivity index (χ0n) is 19.6. The van der Waals surface area contributed by atoms with Gasteiger partial charge in [-0.15, -0.1) is 0 Å². The van der Waals surface area contributed by atoms with Crippen LogP contribution in [0.4, 0.5) is 0 Å². The van der Waals surface area contributed by atoms with Crippen LogP contribution in [0.15, 0.2) is 35.2 Å². The molecule has 0 saturated carbocycles. The molecular weight excluding hydrogens is 511 g/mol. The molecule has 2 unspecified atom stereocenters. The summed E-state index contributed by atoms with van der Waals surface area (Å²) in [5, 5.41) is 30.1. The van der Waals surface area contributed by atoms with E-state index >= 15 is 0 Å². The fraction of sp³-hybridized carbons (Fsp3) is 0.318. The molecule has 0 spiro atoms. The van der Waals surface area contributed by atoms with Gasteiger partial charge in [0.1, 0.15) is 12.7 Å². The van der Waals surface area contributed by atoms with Gasteiger partial charge >= 0.3 is 41.5 Å². The van der Waals surface area contributed by atoms with Crippen molar-refractivity contribution >= 4 is 28.0 Å². The standard InChI is InChI=1S/C22H23O12S.Na/c1-32-20(26)13-7-8-15(21(27)33-2)19(16(13)9-12(24)10-23)17(25)11-34-22(28)14-5-3-4-6-18(14)35(29,30)31;/h3-5,7-8,12,17,23-25H,9-11H2,1-2H3,(H,29,30,31);/q-1;+1. The zero-order chi connectivity index (χ0) is 26.3. The molecule has 0 aliphatic carbocycles. The minimum Gasteiger partial charge on any atom is -0.468 e. The SMILES string of the molecule is COC(=O)c1ccc(C(=O)OC)c(C(O)COC(=O)c2ccc[c-]c2S(=O)(=O)O)c1CC(O)CO.[Na+]. The molecule has 0 saturated heterocycles. The number of esters is 3. The van der Waals surface area contributed by atoms with E-state index in [-0.39, 0.29) is 51.8 Å². The van der Waals surface area contributed by atoms with Gasteiger partial charge in [-0.05, 0) is 28.2 Å². The van der Waals surface area contributed by atoms with Crippen LogP contribution in [0.25, 0.3) is 0 Å². The molecule has 2 atom stereocenters. The average Bonchev–Trinajstić information content (AvgIpc) is 2.85. The monoisotopic (exact) mass is 534 g/mol. The van der Waals surface area contributed by atoms with E-state index in [0.29, 0.717) is 0 Å². The first-order chi connectivity index (χ1) is 16.5. The summed E-state index contributed by atoms with van der Waals surface area (Å²) in [4.78, 5) is 36.3. The van der Waals surface area contributed by atoms with Gasteiger partial charge in [-0.3, -0.25) is 9.35 Å². The number of ether oxygens (including phenoxy) is 3. The molecule has 0 aliphatic heterocycles. The Morgan fingerprint density at radius 3 is 2.11 bits per heavy atom. The summed E-state index contributed by atoms with van der Waals surface area (Å²) in [6.07, 6.45) is -3.57. The van der Waals surface area contributed by atoms with Crippen LogP contribution in [-0.4, -0.2) is 79.7 Å². The molecule has 0 bridgehead atoms. The Kier molecular flexibility index (Phi) is 12.2. The number of carbonyl (C=O) groups is 3. The Bertz CT molecular complexity index is 1210. The number of rotatable bonds is 10. The summed E-state index contributed by atoms with van der Waals surface area (Å²) in [7, 11) is -2.66. The third-order valence-corrected chi connectivity index (χ3v) is 5.67. The van der Waals surface area contributed by atoms with Crippen molar-refractivity contribution in [1.82, 2.24) is 0 Å². The molecule has 0 radical (unpaired) electrons. The van der Waals surface area contributed by atoms with Crippen LogP contribution in [0, 0.1) is 6.07 Å². The first kappa shape index (κ1) is 31.7. The Morgan fingerprint density at radius 2 is 1.56 bits per heavy atom. The number of hydrogen-bond acceptors (Lipinski definition) is 11. The number of aliphatic hydroxyl groups excluding tert-OH is 3. The van der Waals surface area contributed by atoms with Gasteiger partial charge in [0, 0.05) is 12.0 Å². The number of carbonyl (C=O) groups excluding carboxylic acids is 3. The second-order valence-corrected chi connectivity index (χ2v) is 8.44. The maximum Gasteiger partial charge on any atom is 1.00 e. The van der Waals surface area contributed by atoms with Crippen molar-refractivity contribution in [2.24, 2.45) is 0 Å². The van der Waals surface area contributed by atoms with Crippen molar-refractivity contribution in [3.8, 4) is 0 Å². The first-order valence-corrected chi connectivity index (χ1v) is 11.3. The summed E-state index contributed by atoms with van der Waals surface area (Å²) in [5.41, 5.74) is -1.24. The minimum atomic E-state index is -4.81.